The van der Waals surface area contributed by atoms with Crippen molar-refractivity contribution in [2.75, 3.05) is 19.0 Å². The Morgan fingerprint density at radius 1 is 1.47 bits per heavy atom. The first-order chi connectivity index (χ1) is 8.13. The highest BCUT2D eigenvalue weighted by Crippen LogP contribution is 2.09. The molecule has 92 valence electrons. The summed E-state index contributed by atoms with van der Waals surface area (Å²) in [6.45, 7) is 0.515. The number of aromatic carboxylic acids is 1. The van der Waals surface area contributed by atoms with Gasteiger partial charge in [0.15, 0.2) is 0 Å². The summed E-state index contributed by atoms with van der Waals surface area (Å²) in [6.07, 6.45) is 3.57. The predicted octanol–water partition coefficient (Wildman–Crippen LogP) is 1.14. The Bertz CT molecular complexity index is 406. The van der Waals surface area contributed by atoms with Gasteiger partial charge >= 0.3 is 5.97 Å². The van der Waals surface area contributed by atoms with E-state index in [1.807, 2.05) is 0 Å². The van der Waals surface area contributed by atoms with Gasteiger partial charge in [-0.05, 0) is 12.5 Å². The maximum atomic E-state index is 11.4. The molecule has 0 bridgehead atoms. The number of carboxylic acids is 1. The second kappa shape index (κ2) is 6.59. The number of amides is 1. The van der Waals surface area contributed by atoms with Gasteiger partial charge in [-0.1, -0.05) is 0 Å². The second-order valence-electron chi connectivity index (χ2n) is 3.41. The lowest BCUT2D eigenvalue weighted by molar-refractivity contribution is -0.116. The van der Waals surface area contributed by atoms with Crippen LogP contribution in [0.4, 0.5) is 5.69 Å². The van der Waals surface area contributed by atoms with Crippen molar-refractivity contribution in [3.05, 3.63) is 24.0 Å². The summed E-state index contributed by atoms with van der Waals surface area (Å²) in [4.78, 5) is 25.8. The lowest BCUT2D eigenvalue weighted by atomic mass is 10.2. The zero-order valence-electron chi connectivity index (χ0n) is 9.47. The molecule has 6 heteroatoms. The molecule has 0 aromatic carbocycles. The number of anilines is 1. The zero-order chi connectivity index (χ0) is 12.7. The van der Waals surface area contributed by atoms with Gasteiger partial charge in [0.05, 0.1) is 17.4 Å². The van der Waals surface area contributed by atoms with Gasteiger partial charge in [-0.3, -0.25) is 9.78 Å². The van der Waals surface area contributed by atoms with Gasteiger partial charge in [-0.2, -0.15) is 0 Å². The number of carbonyl (C=O) groups excluding carboxylic acids is 1. The maximum Gasteiger partial charge on any atom is 0.337 e. The number of carbonyl (C=O) groups is 2. The third-order valence-electron chi connectivity index (χ3n) is 2.02. The van der Waals surface area contributed by atoms with Crippen LogP contribution in [0.3, 0.4) is 0 Å². The topological polar surface area (TPSA) is 88.5 Å². The van der Waals surface area contributed by atoms with Crippen molar-refractivity contribution in [3.8, 4) is 0 Å². The molecule has 1 heterocycles. The number of rotatable bonds is 6. The van der Waals surface area contributed by atoms with E-state index in [4.69, 9.17) is 9.84 Å². The van der Waals surface area contributed by atoms with E-state index in [9.17, 15) is 9.59 Å². The third-order valence-corrected chi connectivity index (χ3v) is 2.02. The van der Waals surface area contributed by atoms with Crippen LogP contribution in [0.25, 0.3) is 0 Å². The average molecular weight is 238 g/mol. The van der Waals surface area contributed by atoms with E-state index in [0.717, 1.165) is 0 Å². The molecule has 0 aliphatic carbocycles. The van der Waals surface area contributed by atoms with Crippen molar-refractivity contribution in [2.45, 2.75) is 12.8 Å². The number of nitrogens with zero attached hydrogens (tertiary/aromatic N) is 1. The lowest BCUT2D eigenvalue weighted by Gasteiger charge is -2.05. The smallest absolute Gasteiger partial charge is 0.337 e. The number of ether oxygens (including phenoxy) is 1. The normalized spacial score (nSPS) is 9.94. The molecule has 0 saturated heterocycles. The van der Waals surface area contributed by atoms with Crippen LogP contribution in [0.2, 0.25) is 0 Å². The largest absolute Gasteiger partial charge is 0.478 e. The fourth-order valence-corrected chi connectivity index (χ4v) is 1.23. The Hall–Kier alpha value is -1.95. The van der Waals surface area contributed by atoms with Gasteiger partial charge in [-0.25, -0.2) is 4.79 Å². The molecule has 2 N–H and O–H groups in total. The first-order valence-electron chi connectivity index (χ1n) is 5.10. The lowest BCUT2D eigenvalue weighted by Crippen LogP contribution is -2.12. The molecule has 1 amide bonds. The van der Waals surface area contributed by atoms with Crippen LogP contribution in [0.5, 0.6) is 0 Å². The van der Waals surface area contributed by atoms with E-state index in [1.165, 1.54) is 18.5 Å². The molecule has 1 aromatic heterocycles. The molecule has 6 nitrogen and oxygen atoms in total. The van der Waals surface area contributed by atoms with Crippen LogP contribution in [0, 0.1) is 0 Å². The summed E-state index contributed by atoms with van der Waals surface area (Å²) >= 11 is 0. The highest BCUT2D eigenvalue weighted by Gasteiger charge is 2.06. The minimum atomic E-state index is -1.08. The molecule has 0 spiro atoms. The van der Waals surface area contributed by atoms with Crippen molar-refractivity contribution < 1.29 is 19.4 Å². The van der Waals surface area contributed by atoms with E-state index in [1.54, 1.807) is 7.11 Å². The van der Waals surface area contributed by atoms with E-state index in [0.29, 0.717) is 25.1 Å². The molecule has 0 atom stereocenters. The van der Waals surface area contributed by atoms with E-state index in [2.05, 4.69) is 10.3 Å². The number of hydrogen-bond donors (Lipinski definition) is 2. The van der Waals surface area contributed by atoms with Gasteiger partial charge < -0.3 is 15.2 Å². The number of pyridine rings is 1. The average Bonchev–Trinajstić information content (AvgIpc) is 2.29. The van der Waals surface area contributed by atoms with Crippen LogP contribution >= 0.6 is 0 Å². The van der Waals surface area contributed by atoms with E-state index >= 15 is 0 Å². The highest BCUT2D eigenvalue weighted by atomic mass is 16.5. The Labute approximate surface area is 98.6 Å². The minimum Gasteiger partial charge on any atom is -0.478 e. The molecule has 1 rings (SSSR count). The summed E-state index contributed by atoms with van der Waals surface area (Å²) in [6, 6.07) is 1.36. The third kappa shape index (κ3) is 4.60. The highest BCUT2D eigenvalue weighted by molar-refractivity contribution is 5.93. The van der Waals surface area contributed by atoms with Crippen LogP contribution < -0.4 is 5.32 Å². The summed E-state index contributed by atoms with van der Waals surface area (Å²) in [5.41, 5.74) is 0.423. The molecule has 0 aliphatic rings. The molecule has 17 heavy (non-hydrogen) atoms. The Morgan fingerprint density at radius 3 is 2.88 bits per heavy atom. The minimum absolute atomic E-state index is 0.0414. The van der Waals surface area contributed by atoms with Crippen molar-refractivity contribution in [2.24, 2.45) is 0 Å². The number of carboxylic acid groups (broad SMARTS) is 1. The van der Waals surface area contributed by atoms with E-state index in [-0.39, 0.29) is 11.5 Å². The SMILES string of the molecule is COCCCC(=O)Nc1cncc(C(=O)O)c1. The summed E-state index contributed by atoms with van der Waals surface area (Å²) in [5, 5.41) is 11.3. The molecular formula is C11H14N2O4. The van der Waals surface area contributed by atoms with Crippen LogP contribution in [-0.2, 0) is 9.53 Å². The molecular weight excluding hydrogens is 224 g/mol. The van der Waals surface area contributed by atoms with Crippen molar-refractivity contribution >= 4 is 17.6 Å². The second-order valence-corrected chi connectivity index (χ2v) is 3.41. The molecule has 0 radical (unpaired) electrons. The van der Waals surface area contributed by atoms with Gasteiger partial charge in [0.25, 0.3) is 0 Å². The molecule has 0 aliphatic heterocycles. The van der Waals surface area contributed by atoms with Crippen molar-refractivity contribution in [3.63, 3.8) is 0 Å². The summed E-state index contributed by atoms with van der Waals surface area (Å²) in [7, 11) is 1.57. The monoisotopic (exact) mass is 238 g/mol. The first-order valence-corrected chi connectivity index (χ1v) is 5.10. The van der Waals surface area contributed by atoms with Crippen LogP contribution in [0.1, 0.15) is 23.2 Å². The molecule has 0 unspecified atom stereocenters. The van der Waals surface area contributed by atoms with Crippen LogP contribution in [-0.4, -0.2) is 35.7 Å². The number of nitrogens with one attached hydrogen (secondary N) is 1. The molecule has 0 saturated carbocycles. The maximum absolute atomic E-state index is 11.4. The van der Waals surface area contributed by atoms with E-state index < -0.39 is 5.97 Å². The predicted molar refractivity (Wildman–Crippen MR) is 60.9 cm³/mol. The Kier molecular flexibility index (Phi) is 5.09. The fraction of sp³-hybridized carbons (Fsp3) is 0.364. The molecule has 0 fully saturated rings. The van der Waals surface area contributed by atoms with Gasteiger partial charge in [-0.15, -0.1) is 0 Å². The number of aromatic nitrogens is 1. The number of methoxy groups -OCH3 is 1. The van der Waals surface area contributed by atoms with Gasteiger partial charge in [0.2, 0.25) is 5.91 Å². The summed E-state index contributed by atoms with van der Waals surface area (Å²) < 4.78 is 4.82. The summed E-state index contributed by atoms with van der Waals surface area (Å²) in [5.74, 6) is -1.26. The van der Waals surface area contributed by atoms with Crippen molar-refractivity contribution in [1.29, 1.82) is 0 Å². The quantitative estimate of drug-likeness (QED) is 0.725. The fourth-order valence-electron chi connectivity index (χ4n) is 1.23. The van der Waals surface area contributed by atoms with Gasteiger partial charge in [0.1, 0.15) is 0 Å². The molecule has 1 aromatic rings. The van der Waals surface area contributed by atoms with Gasteiger partial charge in [0, 0.05) is 26.3 Å². The Morgan fingerprint density at radius 2 is 2.24 bits per heavy atom. The van der Waals surface area contributed by atoms with Crippen LogP contribution in [0.15, 0.2) is 18.5 Å². The Balaban J connectivity index is 2.53. The zero-order valence-corrected chi connectivity index (χ0v) is 9.47. The van der Waals surface area contributed by atoms with Crippen molar-refractivity contribution in [1.82, 2.24) is 4.98 Å². The number of hydrogen-bond acceptors (Lipinski definition) is 4. The standard InChI is InChI=1S/C11H14N2O4/c1-17-4-2-3-10(14)13-9-5-8(11(15)16)6-12-7-9/h5-7H,2-4H2,1H3,(H,13,14)(H,15,16). The first kappa shape index (κ1) is 13.1.